The molecule has 0 saturated heterocycles. The van der Waals surface area contributed by atoms with Gasteiger partial charge in [0.2, 0.25) is 5.91 Å². The Morgan fingerprint density at radius 3 is 2.23 bits per heavy atom. The zero-order chi connectivity index (χ0) is 21.7. The van der Waals surface area contributed by atoms with Crippen LogP contribution in [-0.4, -0.2) is 27.4 Å². The molecule has 3 aromatic rings. The third-order valence-electron chi connectivity index (χ3n) is 4.88. The van der Waals surface area contributed by atoms with Gasteiger partial charge in [0.15, 0.2) is 0 Å². The lowest BCUT2D eigenvalue weighted by Gasteiger charge is -2.26. The number of hydrogen-bond acceptors (Lipinski definition) is 3. The lowest BCUT2D eigenvalue weighted by molar-refractivity contribution is -0.124. The van der Waals surface area contributed by atoms with Crippen molar-refractivity contribution in [3.8, 4) is 0 Å². The van der Waals surface area contributed by atoms with Crippen LogP contribution >= 0.6 is 0 Å². The molecule has 0 aliphatic rings. The normalized spacial score (nSPS) is 13.0. The lowest BCUT2D eigenvalue weighted by atomic mass is 10.0. The van der Waals surface area contributed by atoms with Gasteiger partial charge in [-0.3, -0.25) is 9.59 Å². The number of carbonyl (C=O) groups is 2. The van der Waals surface area contributed by atoms with Gasteiger partial charge in [-0.1, -0.05) is 44.2 Å². The van der Waals surface area contributed by atoms with Gasteiger partial charge in [-0.2, -0.15) is 0 Å². The molecule has 30 heavy (non-hydrogen) atoms. The van der Waals surface area contributed by atoms with Gasteiger partial charge in [0, 0.05) is 25.0 Å². The summed E-state index contributed by atoms with van der Waals surface area (Å²) in [5.74, 6) is -0.565. The maximum atomic E-state index is 13.4. The zero-order valence-corrected chi connectivity index (χ0v) is 17.2. The molecule has 0 bridgehead atoms. The molecule has 2 amide bonds. The molecule has 1 heterocycles. The Morgan fingerprint density at radius 2 is 1.67 bits per heavy atom. The number of nitrogens with one attached hydrogen (secondary N) is 2. The van der Waals surface area contributed by atoms with Crippen molar-refractivity contribution in [3.05, 3.63) is 89.8 Å². The maximum absolute atomic E-state index is 13.4. The van der Waals surface area contributed by atoms with Crippen LogP contribution in [0.1, 0.15) is 41.6 Å². The molecule has 1 unspecified atom stereocenters. The molecule has 0 spiro atoms. The van der Waals surface area contributed by atoms with E-state index in [0.717, 1.165) is 0 Å². The smallest absolute Gasteiger partial charge is 0.251 e. The summed E-state index contributed by atoms with van der Waals surface area (Å²) >= 11 is 0. The highest BCUT2D eigenvalue weighted by Gasteiger charge is 2.29. The molecular formula is C23H25FN4O2. The highest BCUT2D eigenvalue weighted by atomic mass is 19.1. The number of amides is 2. The minimum atomic E-state index is -0.749. The first-order valence-electron chi connectivity index (χ1n) is 9.75. The molecule has 3 rings (SSSR count). The number of aryl methyl sites for hydroxylation is 1. The first kappa shape index (κ1) is 21.2. The maximum Gasteiger partial charge on any atom is 0.251 e. The van der Waals surface area contributed by atoms with Crippen molar-refractivity contribution in [2.24, 2.45) is 13.0 Å². The Labute approximate surface area is 175 Å². The van der Waals surface area contributed by atoms with E-state index in [0.29, 0.717) is 17.0 Å². The number of imidazole rings is 1. The molecule has 6 nitrogen and oxygen atoms in total. The van der Waals surface area contributed by atoms with Crippen LogP contribution in [0, 0.1) is 11.7 Å². The quantitative estimate of drug-likeness (QED) is 0.630. The SMILES string of the molecule is CC(C)[C@@H](NC(=O)c1ccccc1)C(=O)NC(c1ccc(F)cc1)c1nccn1C. The Hall–Kier alpha value is -3.48. The molecular weight excluding hydrogens is 383 g/mol. The standard InChI is InChI=1S/C23H25FN4O2/c1-15(2)19(26-22(29)17-7-5-4-6-8-17)23(30)27-20(21-25-13-14-28(21)3)16-9-11-18(24)12-10-16/h4-15,19-20H,1-3H3,(H,26,29)(H,27,30)/t19-,20?/m1/s1. The number of aromatic nitrogens is 2. The topological polar surface area (TPSA) is 76.0 Å². The van der Waals surface area contributed by atoms with Crippen LogP contribution in [0.2, 0.25) is 0 Å². The van der Waals surface area contributed by atoms with Gasteiger partial charge in [0.05, 0.1) is 0 Å². The van der Waals surface area contributed by atoms with Gasteiger partial charge in [-0.25, -0.2) is 9.37 Å². The fraction of sp³-hybridized carbons (Fsp3) is 0.261. The van der Waals surface area contributed by atoms with Crippen molar-refractivity contribution in [3.63, 3.8) is 0 Å². The van der Waals surface area contributed by atoms with Gasteiger partial charge in [-0.05, 0) is 35.7 Å². The minimum absolute atomic E-state index is 0.145. The van der Waals surface area contributed by atoms with Crippen molar-refractivity contribution in [2.75, 3.05) is 0 Å². The van der Waals surface area contributed by atoms with E-state index in [9.17, 15) is 14.0 Å². The third kappa shape index (κ3) is 4.92. The van der Waals surface area contributed by atoms with E-state index in [1.807, 2.05) is 27.0 Å². The van der Waals surface area contributed by atoms with Gasteiger partial charge in [0.25, 0.3) is 5.91 Å². The van der Waals surface area contributed by atoms with Crippen molar-refractivity contribution in [2.45, 2.75) is 25.9 Å². The molecule has 0 aliphatic carbocycles. The number of halogens is 1. The molecule has 1 aromatic heterocycles. The molecule has 0 aliphatic heterocycles. The summed E-state index contributed by atoms with van der Waals surface area (Å²) < 4.78 is 15.2. The second-order valence-electron chi connectivity index (χ2n) is 7.45. The predicted octanol–water partition coefficient (Wildman–Crippen LogP) is 3.22. The molecule has 0 saturated carbocycles. The molecule has 0 fully saturated rings. The summed E-state index contributed by atoms with van der Waals surface area (Å²) in [6, 6.07) is 13.3. The van der Waals surface area contributed by atoms with E-state index in [1.54, 1.807) is 53.4 Å². The van der Waals surface area contributed by atoms with Crippen LogP contribution in [0.15, 0.2) is 67.0 Å². The van der Waals surface area contributed by atoms with Crippen LogP contribution in [0.3, 0.4) is 0 Å². The first-order valence-corrected chi connectivity index (χ1v) is 9.75. The average molecular weight is 408 g/mol. The first-order chi connectivity index (χ1) is 14.4. The van der Waals surface area contributed by atoms with Crippen LogP contribution in [0.4, 0.5) is 4.39 Å². The predicted molar refractivity (Wildman–Crippen MR) is 112 cm³/mol. The third-order valence-corrected chi connectivity index (χ3v) is 4.88. The monoisotopic (exact) mass is 408 g/mol. The number of rotatable bonds is 7. The van der Waals surface area contributed by atoms with Crippen molar-refractivity contribution < 1.29 is 14.0 Å². The highest BCUT2D eigenvalue weighted by molar-refractivity contribution is 5.97. The fourth-order valence-electron chi connectivity index (χ4n) is 3.19. The summed E-state index contributed by atoms with van der Waals surface area (Å²) in [6.45, 7) is 3.73. The van der Waals surface area contributed by atoms with Crippen LogP contribution in [0.25, 0.3) is 0 Å². The largest absolute Gasteiger partial charge is 0.340 e. The van der Waals surface area contributed by atoms with Crippen molar-refractivity contribution >= 4 is 11.8 Å². The van der Waals surface area contributed by atoms with Crippen LogP contribution in [-0.2, 0) is 11.8 Å². The molecule has 0 radical (unpaired) electrons. The number of hydrogen-bond donors (Lipinski definition) is 2. The highest BCUT2D eigenvalue weighted by Crippen LogP contribution is 2.21. The summed E-state index contributed by atoms with van der Waals surface area (Å²) in [7, 11) is 1.82. The Kier molecular flexibility index (Phi) is 6.61. The van der Waals surface area contributed by atoms with Gasteiger partial charge in [-0.15, -0.1) is 0 Å². The molecule has 7 heteroatoms. The molecule has 2 atom stereocenters. The Balaban J connectivity index is 1.84. The Morgan fingerprint density at radius 1 is 1.00 bits per heavy atom. The molecule has 2 N–H and O–H groups in total. The van der Waals surface area contributed by atoms with Gasteiger partial charge < -0.3 is 15.2 Å². The van der Waals surface area contributed by atoms with Crippen molar-refractivity contribution in [1.29, 1.82) is 0 Å². The van der Waals surface area contributed by atoms with Gasteiger partial charge in [0.1, 0.15) is 23.7 Å². The Bertz CT molecular complexity index is 1000. The average Bonchev–Trinajstić information content (AvgIpc) is 3.16. The molecule has 2 aromatic carbocycles. The molecule has 156 valence electrons. The van der Waals surface area contributed by atoms with E-state index in [2.05, 4.69) is 15.6 Å². The van der Waals surface area contributed by atoms with E-state index in [4.69, 9.17) is 0 Å². The lowest BCUT2D eigenvalue weighted by Crippen LogP contribution is -2.50. The summed E-state index contributed by atoms with van der Waals surface area (Å²) in [5.41, 5.74) is 1.17. The van der Waals surface area contributed by atoms with Crippen LogP contribution < -0.4 is 10.6 Å². The second-order valence-corrected chi connectivity index (χ2v) is 7.45. The summed E-state index contributed by atoms with van der Waals surface area (Å²) in [4.78, 5) is 30.1. The van der Waals surface area contributed by atoms with Crippen LogP contribution in [0.5, 0.6) is 0 Å². The van der Waals surface area contributed by atoms with E-state index in [-0.39, 0.29) is 23.5 Å². The summed E-state index contributed by atoms with van der Waals surface area (Å²) in [6.07, 6.45) is 3.41. The number of benzene rings is 2. The van der Waals surface area contributed by atoms with Gasteiger partial charge >= 0.3 is 0 Å². The minimum Gasteiger partial charge on any atom is -0.340 e. The van der Waals surface area contributed by atoms with E-state index >= 15 is 0 Å². The van der Waals surface area contributed by atoms with Crippen molar-refractivity contribution in [1.82, 2.24) is 20.2 Å². The fourth-order valence-corrected chi connectivity index (χ4v) is 3.19. The second kappa shape index (κ2) is 9.35. The number of carbonyl (C=O) groups excluding carboxylic acids is 2. The zero-order valence-electron chi connectivity index (χ0n) is 17.2. The van der Waals surface area contributed by atoms with E-state index in [1.165, 1.54) is 12.1 Å². The number of nitrogens with zero attached hydrogens (tertiary/aromatic N) is 2. The summed E-state index contributed by atoms with van der Waals surface area (Å²) in [5, 5.41) is 5.79. The van der Waals surface area contributed by atoms with E-state index < -0.39 is 12.1 Å².